The quantitative estimate of drug-likeness (QED) is 0.634. The molecule has 0 bridgehead atoms. The monoisotopic (exact) mass is 225 g/mol. The van der Waals surface area contributed by atoms with Gasteiger partial charge in [-0.25, -0.2) is 0 Å². The number of benzene rings is 1. The highest BCUT2D eigenvalue weighted by Crippen LogP contribution is 2.26. The summed E-state index contributed by atoms with van der Waals surface area (Å²) in [5, 5.41) is 0. The number of allylic oxidation sites excluding steroid dienone is 1. The predicted octanol–water partition coefficient (Wildman–Crippen LogP) is 2.30. The molecule has 15 heavy (non-hydrogen) atoms. The van der Waals surface area contributed by atoms with Crippen LogP contribution in [0, 0.1) is 0 Å². The summed E-state index contributed by atoms with van der Waals surface area (Å²) in [5.74, 6) is 0. The molecular weight excluding hydrogens is 214 g/mol. The van der Waals surface area contributed by atoms with Gasteiger partial charge in [0.1, 0.15) is 4.90 Å². The fraction of sp³-hybridized carbons (Fsp3) is 0.100. The normalized spacial score (nSPS) is 11.1. The average Bonchev–Trinajstić information content (AvgIpc) is 2.15. The van der Waals surface area contributed by atoms with Crippen LogP contribution in [0.15, 0.2) is 34.7 Å². The van der Waals surface area contributed by atoms with E-state index in [1.165, 1.54) is 12.1 Å². The van der Waals surface area contributed by atoms with Gasteiger partial charge in [0.05, 0.1) is 5.69 Å². The van der Waals surface area contributed by atoms with Crippen LogP contribution in [0.5, 0.6) is 0 Å². The molecule has 0 unspecified atom stereocenters. The largest absolute Gasteiger partial charge is 0.295 e. The zero-order chi connectivity index (χ0) is 11.6. The van der Waals surface area contributed by atoms with E-state index in [2.05, 4.69) is 18.3 Å². The van der Waals surface area contributed by atoms with Crippen LogP contribution in [-0.4, -0.2) is 19.7 Å². The summed E-state index contributed by atoms with van der Waals surface area (Å²) in [4.78, 5) is 3.40. The SMILES string of the molecule is C=Nc1ccc(C(=C)C)c(S(=O)(=O)O)c1. The number of rotatable bonds is 3. The topological polar surface area (TPSA) is 66.7 Å². The number of nitrogens with zero attached hydrogens (tertiary/aromatic N) is 1. The summed E-state index contributed by atoms with van der Waals surface area (Å²) in [6.45, 7) is 8.57. The highest BCUT2D eigenvalue weighted by Gasteiger charge is 2.16. The van der Waals surface area contributed by atoms with Crippen molar-refractivity contribution in [2.45, 2.75) is 11.8 Å². The number of hydrogen-bond donors (Lipinski definition) is 1. The molecule has 5 heteroatoms. The predicted molar refractivity (Wildman–Crippen MR) is 60.2 cm³/mol. The zero-order valence-corrected chi connectivity index (χ0v) is 9.08. The molecule has 0 aromatic heterocycles. The highest BCUT2D eigenvalue weighted by atomic mass is 32.2. The first kappa shape index (κ1) is 11.6. The van der Waals surface area contributed by atoms with E-state index in [1.54, 1.807) is 13.0 Å². The van der Waals surface area contributed by atoms with E-state index >= 15 is 0 Å². The zero-order valence-electron chi connectivity index (χ0n) is 8.27. The molecule has 1 aromatic carbocycles. The van der Waals surface area contributed by atoms with Gasteiger partial charge in [-0.2, -0.15) is 8.42 Å². The Morgan fingerprint density at radius 2 is 2.07 bits per heavy atom. The molecule has 1 rings (SSSR count). The second-order valence-electron chi connectivity index (χ2n) is 3.09. The van der Waals surface area contributed by atoms with Crippen LogP contribution >= 0.6 is 0 Å². The van der Waals surface area contributed by atoms with E-state index in [4.69, 9.17) is 4.55 Å². The maximum absolute atomic E-state index is 11.1. The summed E-state index contributed by atoms with van der Waals surface area (Å²) in [5.41, 5.74) is 1.32. The lowest BCUT2D eigenvalue weighted by molar-refractivity contribution is 0.483. The van der Waals surface area contributed by atoms with Crippen molar-refractivity contribution in [3.8, 4) is 0 Å². The van der Waals surface area contributed by atoms with Crippen LogP contribution in [-0.2, 0) is 10.1 Å². The van der Waals surface area contributed by atoms with Crippen molar-refractivity contribution in [2.75, 3.05) is 0 Å². The molecule has 0 atom stereocenters. The molecule has 0 saturated carbocycles. The third-order valence-corrected chi connectivity index (χ3v) is 2.78. The third kappa shape index (κ3) is 2.51. The van der Waals surface area contributed by atoms with Crippen LogP contribution in [0.25, 0.3) is 5.57 Å². The van der Waals surface area contributed by atoms with Gasteiger partial charge in [-0.15, -0.1) is 0 Å². The fourth-order valence-corrected chi connectivity index (χ4v) is 1.97. The minimum atomic E-state index is -4.26. The van der Waals surface area contributed by atoms with Crippen LogP contribution in [0.3, 0.4) is 0 Å². The third-order valence-electron chi connectivity index (χ3n) is 1.89. The van der Waals surface area contributed by atoms with Crippen molar-refractivity contribution in [1.82, 2.24) is 0 Å². The van der Waals surface area contributed by atoms with Crippen molar-refractivity contribution >= 4 is 28.1 Å². The molecule has 0 amide bonds. The Labute approximate surface area is 88.7 Å². The molecule has 0 heterocycles. The lowest BCUT2D eigenvalue weighted by atomic mass is 10.1. The molecule has 0 aliphatic rings. The van der Waals surface area contributed by atoms with E-state index in [0.717, 1.165) is 0 Å². The Morgan fingerprint density at radius 3 is 2.47 bits per heavy atom. The number of aliphatic imine (C=N–C) groups is 1. The van der Waals surface area contributed by atoms with E-state index in [9.17, 15) is 8.42 Å². The molecular formula is C10H11NO3S. The molecule has 1 N–H and O–H groups in total. The van der Waals surface area contributed by atoms with Crippen molar-refractivity contribution in [1.29, 1.82) is 0 Å². The van der Waals surface area contributed by atoms with Gasteiger partial charge in [-0.05, 0) is 36.9 Å². The first-order valence-corrected chi connectivity index (χ1v) is 5.54. The van der Waals surface area contributed by atoms with Gasteiger partial charge in [0, 0.05) is 0 Å². The van der Waals surface area contributed by atoms with Gasteiger partial charge < -0.3 is 0 Å². The first-order chi connectivity index (χ1) is 6.86. The molecule has 4 nitrogen and oxygen atoms in total. The van der Waals surface area contributed by atoms with E-state index < -0.39 is 10.1 Å². The van der Waals surface area contributed by atoms with Crippen LogP contribution in [0.1, 0.15) is 12.5 Å². The molecule has 0 aliphatic heterocycles. The van der Waals surface area contributed by atoms with E-state index in [1.807, 2.05) is 0 Å². The standard InChI is InChI=1S/C10H11NO3S/c1-7(2)9-5-4-8(11-3)6-10(9)15(12,13)14/h4-6H,1,3H2,2H3,(H,12,13,14). The molecule has 0 fully saturated rings. The number of hydrogen-bond acceptors (Lipinski definition) is 3. The lowest BCUT2D eigenvalue weighted by Gasteiger charge is -2.07. The van der Waals surface area contributed by atoms with Gasteiger partial charge in [-0.1, -0.05) is 12.6 Å². The summed E-state index contributed by atoms with van der Waals surface area (Å²) in [6.07, 6.45) is 0. The van der Waals surface area contributed by atoms with Gasteiger partial charge >= 0.3 is 0 Å². The van der Waals surface area contributed by atoms with Crippen LogP contribution < -0.4 is 0 Å². The molecule has 0 spiro atoms. The fourth-order valence-electron chi connectivity index (χ4n) is 1.18. The highest BCUT2D eigenvalue weighted by molar-refractivity contribution is 7.86. The maximum atomic E-state index is 11.1. The van der Waals surface area contributed by atoms with Gasteiger partial charge in [0.25, 0.3) is 10.1 Å². The average molecular weight is 225 g/mol. The van der Waals surface area contributed by atoms with Crippen LogP contribution in [0.2, 0.25) is 0 Å². The molecule has 0 saturated heterocycles. The summed E-state index contributed by atoms with van der Waals surface area (Å²) >= 11 is 0. The minimum Gasteiger partial charge on any atom is -0.282 e. The first-order valence-electron chi connectivity index (χ1n) is 4.10. The molecule has 0 aliphatic carbocycles. The molecule has 0 radical (unpaired) electrons. The van der Waals surface area contributed by atoms with E-state index in [-0.39, 0.29) is 4.90 Å². The summed E-state index contributed by atoms with van der Waals surface area (Å²) in [7, 11) is -4.26. The Balaban J connectivity index is 3.56. The summed E-state index contributed by atoms with van der Waals surface area (Å²) in [6, 6.07) is 4.40. The summed E-state index contributed by atoms with van der Waals surface area (Å²) < 4.78 is 31.2. The van der Waals surface area contributed by atoms with Crippen LogP contribution in [0.4, 0.5) is 5.69 Å². The van der Waals surface area contributed by atoms with Gasteiger partial charge in [0.15, 0.2) is 0 Å². The van der Waals surface area contributed by atoms with Crippen molar-refractivity contribution in [3.63, 3.8) is 0 Å². The Kier molecular flexibility index (Phi) is 3.06. The molecule has 80 valence electrons. The van der Waals surface area contributed by atoms with Crippen molar-refractivity contribution in [3.05, 3.63) is 30.3 Å². The Morgan fingerprint density at radius 1 is 1.47 bits per heavy atom. The Bertz CT molecular complexity index is 517. The van der Waals surface area contributed by atoms with E-state index in [0.29, 0.717) is 16.8 Å². The second-order valence-corrected chi connectivity index (χ2v) is 4.48. The van der Waals surface area contributed by atoms with Gasteiger partial charge in [-0.3, -0.25) is 9.55 Å². The minimum absolute atomic E-state index is 0.195. The second kappa shape index (κ2) is 3.96. The smallest absolute Gasteiger partial charge is 0.282 e. The lowest BCUT2D eigenvalue weighted by Crippen LogP contribution is -2.01. The maximum Gasteiger partial charge on any atom is 0.295 e. The molecule has 1 aromatic rings. The van der Waals surface area contributed by atoms with Crippen molar-refractivity contribution < 1.29 is 13.0 Å². The van der Waals surface area contributed by atoms with Gasteiger partial charge in [0.2, 0.25) is 0 Å². The Hall–Kier alpha value is -1.46. The van der Waals surface area contributed by atoms with Crippen molar-refractivity contribution in [2.24, 2.45) is 4.99 Å².